The summed E-state index contributed by atoms with van der Waals surface area (Å²) in [5.41, 5.74) is 0. The molecule has 160 valence electrons. The normalized spacial score (nSPS) is 19.0. The number of carbonyl (C=O) groups excluding carboxylic acids is 2. The second-order valence-electron chi connectivity index (χ2n) is 4.94. The van der Waals surface area contributed by atoms with Crippen LogP contribution < -0.4 is 0 Å². The zero-order valence-electron chi connectivity index (χ0n) is 13.5. The van der Waals surface area contributed by atoms with Crippen molar-refractivity contribution in [3.8, 4) is 0 Å². The molecule has 15 nitrogen and oxygen atoms in total. The minimum atomic E-state index is -5.04. The zero-order valence-corrected chi connectivity index (χ0v) is 15.3. The number of phosphoric ester groups is 2. The van der Waals surface area contributed by atoms with E-state index in [9.17, 15) is 38.9 Å². The van der Waals surface area contributed by atoms with Crippen LogP contribution in [0.15, 0.2) is 0 Å². The Bertz CT molecular complexity index is 587. The minimum absolute atomic E-state index is 0.972. The second kappa shape index (κ2) is 11.4. The summed E-state index contributed by atoms with van der Waals surface area (Å²) in [6.07, 6.45) is -8.35. The van der Waals surface area contributed by atoms with Gasteiger partial charge in [0.05, 0.1) is 13.2 Å². The summed E-state index contributed by atoms with van der Waals surface area (Å²) in [4.78, 5) is 48.9. The summed E-state index contributed by atoms with van der Waals surface area (Å²) in [7, 11) is -10.0. The Morgan fingerprint density at radius 1 is 0.778 bits per heavy atom. The van der Waals surface area contributed by atoms with Gasteiger partial charge in [0.2, 0.25) is 0 Å². The van der Waals surface area contributed by atoms with Crippen molar-refractivity contribution in [2.45, 2.75) is 24.4 Å². The van der Waals surface area contributed by atoms with E-state index >= 15 is 0 Å². The number of aliphatic hydroxyl groups excluding tert-OH is 5. The van der Waals surface area contributed by atoms with E-state index < -0.39 is 78.1 Å². The van der Waals surface area contributed by atoms with E-state index in [1.807, 2.05) is 0 Å². The highest BCUT2D eigenvalue weighted by molar-refractivity contribution is 7.47. The van der Waals surface area contributed by atoms with Gasteiger partial charge in [0.1, 0.15) is 37.6 Å². The first-order chi connectivity index (χ1) is 12.2. The molecule has 0 saturated carbocycles. The lowest BCUT2D eigenvalue weighted by Gasteiger charge is -2.18. The SMILES string of the molecule is O=C(COP(=O)(O)OCC(=O)[C@H](O)[C@H](O)COP(=O)(O)O)[C@@H](O)[C@@H](O)CO. The lowest BCUT2D eigenvalue weighted by molar-refractivity contribution is -0.138. The number of hydrogen-bond donors (Lipinski definition) is 8. The van der Waals surface area contributed by atoms with E-state index in [2.05, 4.69) is 13.6 Å². The van der Waals surface area contributed by atoms with Crippen LogP contribution in [0.3, 0.4) is 0 Å². The van der Waals surface area contributed by atoms with Crippen LogP contribution in [0.2, 0.25) is 0 Å². The number of carbonyl (C=O) groups is 2. The Kier molecular flexibility index (Phi) is 11.1. The van der Waals surface area contributed by atoms with Crippen molar-refractivity contribution in [3.63, 3.8) is 0 Å². The third-order valence-corrected chi connectivity index (χ3v) is 4.13. The van der Waals surface area contributed by atoms with Crippen LogP contribution in [0.25, 0.3) is 0 Å². The number of rotatable bonds is 14. The van der Waals surface area contributed by atoms with E-state index in [0.717, 1.165) is 0 Å². The number of phosphoric acid groups is 2. The first kappa shape index (κ1) is 26.4. The maximum atomic E-state index is 11.5. The van der Waals surface area contributed by atoms with Crippen molar-refractivity contribution in [3.05, 3.63) is 0 Å². The van der Waals surface area contributed by atoms with Crippen LogP contribution in [0.5, 0.6) is 0 Å². The van der Waals surface area contributed by atoms with Gasteiger partial charge in [-0.05, 0) is 0 Å². The molecule has 27 heavy (non-hydrogen) atoms. The molecule has 0 radical (unpaired) electrons. The molecule has 8 N–H and O–H groups in total. The molecule has 0 aromatic rings. The van der Waals surface area contributed by atoms with Gasteiger partial charge in [-0.15, -0.1) is 0 Å². The van der Waals surface area contributed by atoms with Crippen molar-refractivity contribution in [1.82, 2.24) is 0 Å². The zero-order chi connectivity index (χ0) is 21.4. The molecular formula is C10H20O15P2. The largest absolute Gasteiger partial charge is 0.473 e. The number of ketones is 2. The molecule has 5 atom stereocenters. The molecule has 17 heteroatoms. The summed E-state index contributed by atoms with van der Waals surface area (Å²) in [6, 6.07) is 0. The van der Waals surface area contributed by atoms with Gasteiger partial charge in [-0.25, -0.2) is 9.13 Å². The molecule has 0 rings (SSSR count). The fourth-order valence-corrected chi connectivity index (χ4v) is 2.29. The topological polar surface area (TPSA) is 258 Å². The Morgan fingerprint density at radius 3 is 1.56 bits per heavy atom. The van der Waals surface area contributed by atoms with Crippen LogP contribution in [-0.4, -0.2) is 103 Å². The van der Waals surface area contributed by atoms with Gasteiger partial charge in [-0.3, -0.25) is 23.2 Å². The summed E-state index contributed by atoms with van der Waals surface area (Å²) in [5, 5.41) is 45.5. The molecule has 1 unspecified atom stereocenters. The van der Waals surface area contributed by atoms with Gasteiger partial charge in [0.15, 0.2) is 11.6 Å². The summed E-state index contributed by atoms with van der Waals surface area (Å²) < 4.78 is 34.1. The third-order valence-electron chi connectivity index (χ3n) is 2.73. The van der Waals surface area contributed by atoms with E-state index in [0.29, 0.717) is 0 Å². The van der Waals surface area contributed by atoms with Crippen molar-refractivity contribution < 1.29 is 72.5 Å². The van der Waals surface area contributed by atoms with E-state index in [1.54, 1.807) is 0 Å². The van der Waals surface area contributed by atoms with Crippen LogP contribution in [0.4, 0.5) is 0 Å². The molecule has 0 aliphatic rings. The van der Waals surface area contributed by atoms with Crippen LogP contribution in [-0.2, 0) is 32.3 Å². The first-order valence-corrected chi connectivity index (χ1v) is 9.93. The highest BCUT2D eigenvalue weighted by Crippen LogP contribution is 2.43. The standard InChI is InChI=1S/C10H20O15P2/c11-1-5(12)9(16)7(14)3-24-27(21,22)25-4-8(15)10(17)6(13)2-23-26(18,19)20/h5-6,9-13,16-17H,1-4H2,(H,21,22)(H2,18,19,20)/t5-,6+,9-,10+/m0/s1. The van der Waals surface area contributed by atoms with Gasteiger partial charge >= 0.3 is 15.6 Å². The van der Waals surface area contributed by atoms with E-state index in [1.165, 1.54) is 0 Å². The maximum absolute atomic E-state index is 11.5. The van der Waals surface area contributed by atoms with Crippen LogP contribution in [0, 0.1) is 0 Å². The molecule has 0 aliphatic carbocycles. The Hall–Kier alpha value is -0.640. The Labute approximate surface area is 151 Å². The summed E-state index contributed by atoms with van der Waals surface area (Å²) in [6.45, 7) is -4.65. The minimum Gasteiger partial charge on any atom is -0.394 e. The third kappa shape index (κ3) is 11.1. The van der Waals surface area contributed by atoms with Crippen LogP contribution >= 0.6 is 15.6 Å². The molecular weight excluding hydrogens is 422 g/mol. The quantitative estimate of drug-likeness (QED) is 0.119. The number of hydrogen-bond acceptors (Lipinski definition) is 12. The fourth-order valence-electron chi connectivity index (χ4n) is 1.29. The molecule has 0 amide bonds. The van der Waals surface area contributed by atoms with Gasteiger partial charge < -0.3 is 40.2 Å². The molecule has 0 saturated heterocycles. The molecule has 0 heterocycles. The molecule has 0 bridgehead atoms. The molecule has 0 fully saturated rings. The smallest absolute Gasteiger partial charge is 0.394 e. The van der Waals surface area contributed by atoms with Gasteiger partial charge in [-0.1, -0.05) is 0 Å². The van der Waals surface area contributed by atoms with E-state index in [4.69, 9.17) is 20.0 Å². The van der Waals surface area contributed by atoms with E-state index in [-0.39, 0.29) is 0 Å². The Balaban J connectivity index is 4.46. The van der Waals surface area contributed by atoms with Crippen LogP contribution in [0.1, 0.15) is 0 Å². The lowest BCUT2D eigenvalue weighted by atomic mass is 10.1. The lowest BCUT2D eigenvalue weighted by Crippen LogP contribution is -2.39. The average molecular weight is 442 g/mol. The van der Waals surface area contributed by atoms with Crippen molar-refractivity contribution >= 4 is 27.2 Å². The first-order valence-electron chi connectivity index (χ1n) is 6.90. The summed E-state index contributed by atoms with van der Waals surface area (Å²) >= 11 is 0. The number of aliphatic hydroxyl groups is 5. The fraction of sp³-hybridized carbons (Fsp3) is 0.800. The molecule has 0 aromatic carbocycles. The monoisotopic (exact) mass is 442 g/mol. The van der Waals surface area contributed by atoms with Gasteiger partial charge in [0, 0.05) is 0 Å². The maximum Gasteiger partial charge on any atom is 0.473 e. The summed E-state index contributed by atoms with van der Waals surface area (Å²) in [5.74, 6) is -2.68. The van der Waals surface area contributed by atoms with Crippen molar-refractivity contribution in [2.75, 3.05) is 26.4 Å². The molecule has 0 aliphatic heterocycles. The highest BCUT2D eigenvalue weighted by atomic mass is 31.2. The number of Topliss-reactive ketones (excluding diaryl/α,β-unsaturated/α-hetero) is 2. The van der Waals surface area contributed by atoms with Gasteiger partial charge in [0.25, 0.3) is 0 Å². The Morgan fingerprint density at radius 2 is 1.19 bits per heavy atom. The molecule has 0 aromatic heterocycles. The molecule has 0 spiro atoms. The second-order valence-corrected chi connectivity index (χ2v) is 7.63. The highest BCUT2D eigenvalue weighted by Gasteiger charge is 2.32. The predicted octanol–water partition coefficient (Wildman–Crippen LogP) is -4.20. The van der Waals surface area contributed by atoms with Crippen molar-refractivity contribution in [2.24, 2.45) is 0 Å². The van der Waals surface area contributed by atoms with Gasteiger partial charge in [-0.2, -0.15) is 0 Å². The predicted molar refractivity (Wildman–Crippen MR) is 80.9 cm³/mol. The van der Waals surface area contributed by atoms with Crippen molar-refractivity contribution in [1.29, 1.82) is 0 Å². The average Bonchev–Trinajstić information content (AvgIpc) is 2.59.